The summed E-state index contributed by atoms with van der Waals surface area (Å²) >= 11 is 0. The molecule has 2 rings (SSSR count). The van der Waals surface area contributed by atoms with Gasteiger partial charge < -0.3 is 9.67 Å². The molecule has 1 N–H and O–H groups in total. The minimum atomic E-state index is -0.220. The molecule has 0 fully saturated rings. The second kappa shape index (κ2) is 6.27. The highest BCUT2D eigenvalue weighted by atomic mass is 16.3. The van der Waals surface area contributed by atoms with Crippen LogP contribution in [0.4, 0.5) is 0 Å². The third-order valence-electron chi connectivity index (χ3n) is 4.20. The SMILES string of the molecule is CCC(C)n1c(-c2ccc(C)c(C)c2)ccc(CO)c1=O. The summed E-state index contributed by atoms with van der Waals surface area (Å²) in [6, 6.07) is 10.0. The molecule has 0 spiro atoms. The lowest BCUT2D eigenvalue weighted by Crippen LogP contribution is -2.27. The van der Waals surface area contributed by atoms with Crippen molar-refractivity contribution in [1.29, 1.82) is 0 Å². The number of rotatable bonds is 4. The summed E-state index contributed by atoms with van der Waals surface area (Å²) in [6.45, 7) is 8.03. The third-order valence-corrected chi connectivity index (χ3v) is 4.20. The fourth-order valence-corrected chi connectivity index (χ4v) is 2.47. The zero-order valence-corrected chi connectivity index (χ0v) is 13.2. The summed E-state index contributed by atoms with van der Waals surface area (Å²) < 4.78 is 1.80. The number of aliphatic hydroxyl groups is 1. The molecule has 0 amide bonds. The number of aryl methyl sites for hydroxylation is 2. The van der Waals surface area contributed by atoms with E-state index in [9.17, 15) is 9.90 Å². The van der Waals surface area contributed by atoms with Crippen molar-refractivity contribution >= 4 is 0 Å². The van der Waals surface area contributed by atoms with E-state index in [0.717, 1.165) is 17.7 Å². The highest BCUT2D eigenvalue weighted by Crippen LogP contribution is 2.25. The van der Waals surface area contributed by atoms with Crippen LogP contribution in [-0.2, 0) is 6.61 Å². The Kier molecular flexibility index (Phi) is 4.63. The Balaban J connectivity index is 2.70. The summed E-state index contributed by atoms with van der Waals surface area (Å²) in [6.07, 6.45) is 0.868. The molecule has 1 unspecified atom stereocenters. The summed E-state index contributed by atoms with van der Waals surface area (Å²) in [5.74, 6) is 0. The van der Waals surface area contributed by atoms with Gasteiger partial charge in [-0.3, -0.25) is 4.79 Å². The van der Waals surface area contributed by atoms with Gasteiger partial charge in [0.25, 0.3) is 5.56 Å². The van der Waals surface area contributed by atoms with Gasteiger partial charge in [-0.1, -0.05) is 19.1 Å². The largest absolute Gasteiger partial charge is 0.391 e. The quantitative estimate of drug-likeness (QED) is 0.932. The molecule has 0 saturated carbocycles. The highest BCUT2D eigenvalue weighted by Gasteiger charge is 2.14. The first-order chi connectivity index (χ1) is 9.99. The van der Waals surface area contributed by atoms with Crippen molar-refractivity contribution in [1.82, 2.24) is 4.57 Å². The first kappa shape index (κ1) is 15.5. The van der Waals surface area contributed by atoms with Crippen molar-refractivity contribution in [3.8, 4) is 11.3 Å². The van der Waals surface area contributed by atoms with Crippen LogP contribution in [0, 0.1) is 13.8 Å². The first-order valence-corrected chi connectivity index (χ1v) is 7.42. The normalized spacial score (nSPS) is 12.4. The lowest BCUT2D eigenvalue weighted by molar-refractivity contribution is 0.278. The maximum absolute atomic E-state index is 12.5. The molecule has 0 saturated heterocycles. The van der Waals surface area contributed by atoms with Crippen LogP contribution >= 0.6 is 0 Å². The van der Waals surface area contributed by atoms with Gasteiger partial charge in [0.15, 0.2) is 0 Å². The Morgan fingerprint density at radius 2 is 1.86 bits per heavy atom. The van der Waals surface area contributed by atoms with Gasteiger partial charge in [0, 0.05) is 11.6 Å². The van der Waals surface area contributed by atoms with Gasteiger partial charge in [-0.15, -0.1) is 0 Å². The Hall–Kier alpha value is -1.87. The smallest absolute Gasteiger partial charge is 0.256 e. The molecule has 2 aromatic rings. The standard InChI is InChI=1S/C18H23NO2/c1-5-14(4)19-17(9-8-16(11-20)18(19)21)15-7-6-12(2)13(3)10-15/h6-10,14,20H,5,11H2,1-4H3. The molecule has 0 aliphatic rings. The second-order valence-electron chi connectivity index (χ2n) is 5.63. The zero-order valence-electron chi connectivity index (χ0n) is 13.2. The van der Waals surface area contributed by atoms with Gasteiger partial charge in [0.2, 0.25) is 0 Å². The van der Waals surface area contributed by atoms with Gasteiger partial charge in [0.1, 0.15) is 0 Å². The molecule has 3 heteroatoms. The van der Waals surface area contributed by atoms with Gasteiger partial charge in [-0.25, -0.2) is 0 Å². The fourth-order valence-electron chi connectivity index (χ4n) is 2.47. The minimum absolute atomic E-state index is 0.0948. The van der Waals surface area contributed by atoms with E-state index in [0.29, 0.717) is 5.56 Å². The molecular weight excluding hydrogens is 262 g/mol. The van der Waals surface area contributed by atoms with E-state index < -0.39 is 0 Å². The van der Waals surface area contributed by atoms with Crippen LogP contribution in [0.1, 0.15) is 43.0 Å². The van der Waals surface area contributed by atoms with Crippen molar-refractivity contribution in [3.05, 3.63) is 57.4 Å². The fraction of sp³-hybridized carbons (Fsp3) is 0.389. The van der Waals surface area contributed by atoms with Crippen LogP contribution in [0.15, 0.2) is 35.1 Å². The number of benzene rings is 1. The van der Waals surface area contributed by atoms with E-state index in [1.807, 2.05) is 13.0 Å². The van der Waals surface area contributed by atoms with Crippen LogP contribution in [0.2, 0.25) is 0 Å². The van der Waals surface area contributed by atoms with E-state index in [2.05, 4.69) is 39.0 Å². The summed E-state index contributed by atoms with van der Waals surface area (Å²) in [5, 5.41) is 9.33. The van der Waals surface area contributed by atoms with Gasteiger partial charge in [-0.2, -0.15) is 0 Å². The maximum atomic E-state index is 12.5. The molecule has 1 aromatic carbocycles. The molecule has 0 bridgehead atoms. The van der Waals surface area contributed by atoms with Gasteiger partial charge >= 0.3 is 0 Å². The number of pyridine rings is 1. The predicted octanol–water partition coefficient (Wildman–Crippen LogP) is 3.60. The predicted molar refractivity (Wildman–Crippen MR) is 86.5 cm³/mol. The monoisotopic (exact) mass is 285 g/mol. The van der Waals surface area contributed by atoms with E-state index in [-0.39, 0.29) is 18.2 Å². The van der Waals surface area contributed by atoms with E-state index in [4.69, 9.17) is 0 Å². The van der Waals surface area contributed by atoms with E-state index >= 15 is 0 Å². The average molecular weight is 285 g/mol. The lowest BCUT2D eigenvalue weighted by Gasteiger charge is -2.20. The Labute approximate surface area is 125 Å². The topological polar surface area (TPSA) is 42.2 Å². The van der Waals surface area contributed by atoms with Crippen molar-refractivity contribution in [3.63, 3.8) is 0 Å². The number of aliphatic hydroxyl groups excluding tert-OH is 1. The molecule has 3 nitrogen and oxygen atoms in total. The first-order valence-electron chi connectivity index (χ1n) is 7.42. The second-order valence-corrected chi connectivity index (χ2v) is 5.63. The van der Waals surface area contributed by atoms with Gasteiger partial charge in [-0.05, 0) is 62.1 Å². The molecular formula is C18H23NO2. The Bertz CT molecular complexity index is 701. The molecule has 0 aliphatic carbocycles. The van der Waals surface area contributed by atoms with Crippen molar-refractivity contribution in [2.45, 2.75) is 46.8 Å². The average Bonchev–Trinajstić information content (AvgIpc) is 2.49. The molecule has 0 aliphatic heterocycles. The Morgan fingerprint density at radius 3 is 2.43 bits per heavy atom. The van der Waals surface area contributed by atoms with Gasteiger partial charge in [0.05, 0.1) is 12.3 Å². The zero-order chi connectivity index (χ0) is 15.6. The number of hydrogen-bond donors (Lipinski definition) is 1. The molecule has 112 valence electrons. The maximum Gasteiger partial charge on any atom is 0.256 e. The van der Waals surface area contributed by atoms with Crippen molar-refractivity contribution in [2.75, 3.05) is 0 Å². The van der Waals surface area contributed by atoms with Crippen LogP contribution in [0.5, 0.6) is 0 Å². The van der Waals surface area contributed by atoms with Crippen LogP contribution in [0.3, 0.4) is 0 Å². The van der Waals surface area contributed by atoms with Crippen molar-refractivity contribution in [2.24, 2.45) is 0 Å². The van der Waals surface area contributed by atoms with Crippen molar-refractivity contribution < 1.29 is 5.11 Å². The number of hydrogen-bond acceptors (Lipinski definition) is 2. The molecule has 1 aromatic heterocycles. The third kappa shape index (κ3) is 2.93. The van der Waals surface area contributed by atoms with Crippen LogP contribution in [-0.4, -0.2) is 9.67 Å². The number of aromatic nitrogens is 1. The Morgan fingerprint density at radius 1 is 1.14 bits per heavy atom. The van der Waals surface area contributed by atoms with Crippen LogP contribution < -0.4 is 5.56 Å². The minimum Gasteiger partial charge on any atom is -0.391 e. The van der Waals surface area contributed by atoms with E-state index in [1.165, 1.54) is 11.1 Å². The van der Waals surface area contributed by atoms with Crippen LogP contribution in [0.25, 0.3) is 11.3 Å². The molecule has 1 heterocycles. The molecule has 0 radical (unpaired) electrons. The summed E-state index contributed by atoms with van der Waals surface area (Å²) in [7, 11) is 0. The molecule has 1 atom stereocenters. The number of nitrogens with zero attached hydrogens (tertiary/aromatic N) is 1. The highest BCUT2D eigenvalue weighted by molar-refractivity contribution is 5.62. The van der Waals surface area contributed by atoms with E-state index in [1.54, 1.807) is 10.6 Å². The molecule has 21 heavy (non-hydrogen) atoms. The lowest BCUT2D eigenvalue weighted by atomic mass is 10.0. The summed E-state index contributed by atoms with van der Waals surface area (Å²) in [5.41, 5.74) is 4.75. The summed E-state index contributed by atoms with van der Waals surface area (Å²) in [4.78, 5) is 12.5.